The molecule has 3 N–H and O–H groups in total. The van der Waals surface area contributed by atoms with Gasteiger partial charge in [-0.05, 0) is 18.2 Å². The minimum atomic E-state index is -1.17. The first-order valence-electron chi connectivity index (χ1n) is 5.54. The molecule has 1 aromatic carbocycles. The largest absolute Gasteiger partial charge is 0.497 e. The van der Waals surface area contributed by atoms with Crippen LogP contribution in [0, 0.1) is 0 Å². The number of ether oxygens (including phenoxy) is 1. The summed E-state index contributed by atoms with van der Waals surface area (Å²) in [5.41, 5.74) is 0.105. The molecule has 0 atom stereocenters. The third-order valence-corrected chi connectivity index (χ3v) is 2.48. The topological polar surface area (TPSA) is 99.1 Å². The fourth-order valence-corrected chi connectivity index (χ4v) is 1.40. The van der Waals surface area contributed by atoms with Crippen LogP contribution in [0.2, 0.25) is 0 Å². The first-order valence-corrected chi connectivity index (χ1v) is 5.54. The Labute approximate surface area is 110 Å². The fraction of sp³-hybridized carbons (Fsp3) is 0.333. The van der Waals surface area contributed by atoms with Crippen molar-refractivity contribution in [2.24, 2.45) is 0 Å². The predicted octanol–water partition coefficient (Wildman–Crippen LogP) is 0.849. The van der Waals surface area contributed by atoms with Crippen LogP contribution in [-0.2, 0) is 0 Å². The van der Waals surface area contributed by atoms with Crippen molar-refractivity contribution in [2.75, 3.05) is 32.6 Å². The van der Waals surface area contributed by atoms with Crippen LogP contribution in [-0.4, -0.2) is 54.4 Å². The molecule has 2 amide bonds. The lowest BCUT2D eigenvalue weighted by atomic mass is 10.1. The number of rotatable bonds is 5. The van der Waals surface area contributed by atoms with Gasteiger partial charge < -0.3 is 25.2 Å². The molecule has 0 fully saturated rings. The van der Waals surface area contributed by atoms with E-state index in [1.165, 1.54) is 31.2 Å². The molecule has 0 saturated carbocycles. The third kappa shape index (κ3) is 3.85. The summed E-state index contributed by atoms with van der Waals surface area (Å²) in [5.74, 6) is -0.780. The highest BCUT2D eigenvalue weighted by Gasteiger charge is 2.15. The second kappa shape index (κ2) is 6.60. The number of carboxylic acid groups (broad SMARTS) is 1. The third-order valence-electron chi connectivity index (χ3n) is 2.48. The number of carbonyl (C=O) groups excluding carboxylic acids is 1. The molecular weight excluding hydrogens is 252 g/mol. The molecule has 1 rings (SSSR count). The van der Waals surface area contributed by atoms with Crippen LogP contribution in [0.3, 0.4) is 0 Å². The molecule has 104 valence electrons. The number of benzene rings is 1. The molecule has 0 spiro atoms. The van der Waals surface area contributed by atoms with Gasteiger partial charge in [-0.1, -0.05) is 0 Å². The van der Waals surface area contributed by atoms with Crippen molar-refractivity contribution in [1.82, 2.24) is 4.90 Å². The van der Waals surface area contributed by atoms with E-state index in [-0.39, 0.29) is 24.4 Å². The standard InChI is InChI=1S/C12H16N2O5/c1-14(5-6-15)12(18)13-10-4-3-8(19-2)7-9(10)11(16)17/h3-4,7,15H,5-6H2,1-2H3,(H,13,18)(H,16,17). The van der Waals surface area contributed by atoms with E-state index in [0.29, 0.717) is 5.75 Å². The van der Waals surface area contributed by atoms with Crippen molar-refractivity contribution >= 4 is 17.7 Å². The zero-order valence-electron chi connectivity index (χ0n) is 10.7. The van der Waals surface area contributed by atoms with Gasteiger partial charge in [0.15, 0.2) is 0 Å². The Kier molecular flexibility index (Phi) is 5.13. The number of methoxy groups -OCH3 is 1. The lowest BCUT2D eigenvalue weighted by Crippen LogP contribution is -2.33. The molecule has 7 nitrogen and oxygen atoms in total. The number of urea groups is 1. The number of anilines is 1. The Morgan fingerprint density at radius 1 is 1.42 bits per heavy atom. The summed E-state index contributed by atoms with van der Waals surface area (Å²) >= 11 is 0. The van der Waals surface area contributed by atoms with Crippen LogP contribution in [0.15, 0.2) is 18.2 Å². The number of aliphatic hydroxyl groups is 1. The number of amides is 2. The molecule has 1 aromatic rings. The minimum absolute atomic E-state index is 0.0647. The van der Waals surface area contributed by atoms with Crippen molar-refractivity contribution < 1.29 is 24.5 Å². The van der Waals surface area contributed by atoms with E-state index in [0.717, 1.165) is 0 Å². The summed E-state index contributed by atoms with van der Waals surface area (Å²) in [6.45, 7) is -0.0112. The van der Waals surface area contributed by atoms with E-state index >= 15 is 0 Å². The Balaban J connectivity index is 2.94. The first kappa shape index (κ1) is 14.8. The number of nitrogens with one attached hydrogen (secondary N) is 1. The lowest BCUT2D eigenvalue weighted by molar-refractivity contribution is 0.0697. The van der Waals surface area contributed by atoms with Crippen molar-refractivity contribution in [3.05, 3.63) is 23.8 Å². The van der Waals surface area contributed by atoms with E-state index in [1.807, 2.05) is 0 Å². The quantitative estimate of drug-likeness (QED) is 0.735. The number of carboxylic acids is 1. The number of hydrogen-bond donors (Lipinski definition) is 3. The van der Waals surface area contributed by atoms with Crippen LogP contribution in [0.5, 0.6) is 5.75 Å². The lowest BCUT2D eigenvalue weighted by Gasteiger charge is -2.17. The molecule has 0 heterocycles. The molecular formula is C12H16N2O5. The van der Waals surface area contributed by atoms with Crippen LogP contribution in [0.4, 0.5) is 10.5 Å². The van der Waals surface area contributed by atoms with Gasteiger partial charge in [0.2, 0.25) is 0 Å². The van der Waals surface area contributed by atoms with Crippen LogP contribution in [0.25, 0.3) is 0 Å². The Bertz CT molecular complexity index is 475. The monoisotopic (exact) mass is 268 g/mol. The summed E-state index contributed by atoms with van der Waals surface area (Å²) in [6.07, 6.45) is 0. The number of aromatic carboxylic acids is 1. The van der Waals surface area contributed by atoms with Crippen molar-refractivity contribution in [2.45, 2.75) is 0 Å². The Morgan fingerprint density at radius 3 is 2.63 bits per heavy atom. The summed E-state index contributed by atoms with van der Waals surface area (Å²) in [7, 11) is 2.92. The number of aliphatic hydroxyl groups excluding tert-OH is 1. The average Bonchev–Trinajstić information content (AvgIpc) is 2.39. The summed E-state index contributed by atoms with van der Waals surface area (Å²) in [4.78, 5) is 24.1. The average molecular weight is 268 g/mol. The maximum Gasteiger partial charge on any atom is 0.337 e. The zero-order valence-corrected chi connectivity index (χ0v) is 10.7. The van der Waals surface area contributed by atoms with Crippen LogP contribution in [0.1, 0.15) is 10.4 Å². The highest BCUT2D eigenvalue weighted by molar-refractivity contribution is 6.00. The molecule has 0 saturated heterocycles. The highest BCUT2D eigenvalue weighted by atomic mass is 16.5. The maximum atomic E-state index is 11.7. The van der Waals surface area contributed by atoms with Gasteiger partial charge in [0.05, 0.1) is 25.0 Å². The Morgan fingerprint density at radius 2 is 2.11 bits per heavy atom. The smallest absolute Gasteiger partial charge is 0.337 e. The number of nitrogens with zero attached hydrogens (tertiary/aromatic N) is 1. The molecule has 0 radical (unpaired) electrons. The Hall–Kier alpha value is -2.28. The van der Waals surface area contributed by atoms with E-state index in [1.54, 1.807) is 6.07 Å². The van der Waals surface area contributed by atoms with E-state index in [2.05, 4.69) is 5.32 Å². The molecule has 0 unspecified atom stereocenters. The van der Waals surface area contributed by atoms with Gasteiger partial charge in [0.1, 0.15) is 5.75 Å². The molecule has 0 aliphatic heterocycles. The summed E-state index contributed by atoms with van der Waals surface area (Å²) in [6, 6.07) is 3.83. The predicted molar refractivity (Wildman–Crippen MR) is 68.7 cm³/mol. The summed E-state index contributed by atoms with van der Waals surface area (Å²) < 4.78 is 4.93. The number of carbonyl (C=O) groups is 2. The van der Waals surface area contributed by atoms with Gasteiger partial charge >= 0.3 is 12.0 Å². The first-order chi connectivity index (χ1) is 8.99. The maximum absolute atomic E-state index is 11.7. The van der Waals surface area contributed by atoms with E-state index < -0.39 is 12.0 Å². The highest BCUT2D eigenvalue weighted by Crippen LogP contribution is 2.22. The van der Waals surface area contributed by atoms with Gasteiger partial charge in [-0.2, -0.15) is 0 Å². The van der Waals surface area contributed by atoms with Gasteiger partial charge in [0.25, 0.3) is 0 Å². The molecule has 7 heteroatoms. The zero-order chi connectivity index (χ0) is 14.4. The van der Waals surface area contributed by atoms with Crippen molar-refractivity contribution in [3.8, 4) is 5.75 Å². The summed E-state index contributed by atoms with van der Waals surface area (Å²) in [5, 5.41) is 20.3. The SMILES string of the molecule is COc1ccc(NC(=O)N(C)CCO)c(C(=O)O)c1. The molecule has 0 aliphatic carbocycles. The molecule has 19 heavy (non-hydrogen) atoms. The molecule has 0 aromatic heterocycles. The van der Waals surface area contributed by atoms with Gasteiger partial charge in [-0.25, -0.2) is 9.59 Å². The van der Waals surface area contributed by atoms with E-state index in [9.17, 15) is 9.59 Å². The van der Waals surface area contributed by atoms with Gasteiger partial charge in [-0.3, -0.25) is 0 Å². The van der Waals surface area contributed by atoms with Crippen molar-refractivity contribution in [1.29, 1.82) is 0 Å². The van der Waals surface area contributed by atoms with Crippen LogP contribution >= 0.6 is 0 Å². The fourth-order valence-electron chi connectivity index (χ4n) is 1.40. The molecule has 0 bridgehead atoms. The van der Waals surface area contributed by atoms with Crippen molar-refractivity contribution in [3.63, 3.8) is 0 Å². The second-order valence-corrected chi connectivity index (χ2v) is 3.79. The normalized spacial score (nSPS) is 9.84. The van der Waals surface area contributed by atoms with Gasteiger partial charge in [-0.15, -0.1) is 0 Å². The second-order valence-electron chi connectivity index (χ2n) is 3.79. The van der Waals surface area contributed by atoms with E-state index in [4.69, 9.17) is 14.9 Å². The van der Waals surface area contributed by atoms with Crippen LogP contribution < -0.4 is 10.1 Å². The van der Waals surface area contributed by atoms with Gasteiger partial charge in [0, 0.05) is 13.6 Å². The molecule has 0 aliphatic rings. The number of hydrogen-bond acceptors (Lipinski definition) is 4. The minimum Gasteiger partial charge on any atom is -0.497 e. The number of likely N-dealkylation sites (N-methyl/N-ethyl adjacent to an activating group) is 1.